The highest BCUT2D eigenvalue weighted by atomic mass is 79.9. The summed E-state index contributed by atoms with van der Waals surface area (Å²) in [5, 5.41) is 18.4. The van der Waals surface area contributed by atoms with Crippen LogP contribution in [-0.2, 0) is 0 Å². The SMILES string of the molecule is N#Cc1c(N)nc(Cl)c(C#N)c1-c1ccccc1Br. The van der Waals surface area contributed by atoms with Crippen molar-refractivity contribution in [3.05, 3.63) is 45.0 Å². The topological polar surface area (TPSA) is 86.5 Å². The van der Waals surface area contributed by atoms with Gasteiger partial charge in [0.05, 0.1) is 5.56 Å². The molecule has 6 heteroatoms. The summed E-state index contributed by atoms with van der Waals surface area (Å²) in [6.45, 7) is 0. The van der Waals surface area contributed by atoms with Gasteiger partial charge in [0.25, 0.3) is 0 Å². The minimum atomic E-state index is -0.00949. The van der Waals surface area contributed by atoms with Crippen LogP contribution >= 0.6 is 27.5 Å². The maximum absolute atomic E-state index is 9.22. The predicted molar refractivity (Wildman–Crippen MR) is 76.2 cm³/mol. The fourth-order valence-corrected chi connectivity index (χ4v) is 2.43. The monoisotopic (exact) mass is 332 g/mol. The molecule has 0 saturated heterocycles. The first-order chi connectivity index (χ1) is 9.10. The van der Waals surface area contributed by atoms with Crippen LogP contribution in [0.2, 0.25) is 5.15 Å². The molecular weight excluding hydrogens is 328 g/mol. The van der Waals surface area contributed by atoms with Crippen LogP contribution in [0.3, 0.4) is 0 Å². The highest BCUT2D eigenvalue weighted by Gasteiger charge is 2.20. The lowest BCUT2D eigenvalue weighted by atomic mass is 9.97. The normalized spacial score (nSPS) is 9.68. The smallest absolute Gasteiger partial charge is 0.149 e. The first-order valence-corrected chi connectivity index (χ1v) is 6.31. The van der Waals surface area contributed by atoms with E-state index in [4.69, 9.17) is 17.3 Å². The van der Waals surface area contributed by atoms with E-state index in [1.807, 2.05) is 24.3 Å². The van der Waals surface area contributed by atoms with Crippen molar-refractivity contribution in [2.24, 2.45) is 0 Å². The summed E-state index contributed by atoms with van der Waals surface area (Å²) in [7, 11) is 0. The summed E-state index contributed by atoms with van der Waals surface area (Å²) in [6.07, 6.45) is 0. The van der Waals surface area contributed by atoms with E-state index >= 15 is 0 Å². The molecule has 0 amide bonds. The minimum absolute atomic E-state index is 0.00949. The molecular formula is C13H6BrClN4. The van der Waals surface area contributed by atoms with Crippen molar-refractivity contribution in [3.63, 3.8) is 0 Å². The molecule has 0 radical (unpaired) electrons. The van der Waals surface area contributed by atoms with Crippen molar-refractivity contribution >= 4 is 33.3 Å². The quantitative estimate of drug-likeness (QED) is 0.809. The Morgan fingerprint density at radius 2 is 1.79 bits per heavy atom. The Hall–Kier alpha value is -2.08. The number of aromatic nitrogens is 1. The van der Waals surface area contributed by atoms with Crippen molar-refractivity contribution in [3.8, 4) is 23.3 Å². The molecule has 0 unspecified atom stereocenters. The second-order valence-electron chi connectivity index (χ2n) is 3.62. The maximum atomic E-state index is 9.22. The molecule has 19 heavy (non-hydrogen) atoms. The first kappa shape index (κ1) is 13.4. The van der Waals surface area contributed by atoms with Crippen LogP contribution in [0, 0.1) is 22.7 Å². The summed E-state index contributed by atoms with van der Waals surface area (Å²) in [6, 6.07) is 11.2. The zero-order valence-electron chi connectivity index (χ0n) is 9.48. The number of hydrogen-bond acceptors (Lipinski definition) is 4. The number of benzene rings is 1. The molecule has 0 fully saturated rings. The second-order valence-corrected chi connectivity index (χ2v) is 4.83. The fraction of sp³-hybridized carbons (Fsp3) is 0. The Balaban J connectivity index is 2.94. The van der Waals surface area contributed by atoms with Crippen molar-refractivity contribution in [1.82, 2.24) is 4.98 Å². The number of nitriles is 2. The van der Waals surface area contributed by atoms with E-state index in [-0.39, 0.29) is 22.1 Å². The van der Waals surface area contributed by atoms with Crippen LogP contribution in [-0.4, -0.2) is 4.98 Å². The summed E-state index contributed by atoms with van der Waals surface area (Å²) < 4.78 is 0.740. The molecule has 1 aromatic carbocycles. The van der Waals surface area contributed by atoms with Crippen LogP contribution in [0.25, 0.3) is 11.1 Å². The van der Waals surface area contributed by atoms with E-state index in [2.05, 4.69) is 20.9 Å². The average Bonchev–Trinajstić information content (AvgIpc) is 2.38. The van der Waals surface area contributed by atoms with Crippen molar-refractivity contribution in [1.29, 1.82) is 10.5 Å². The van der Waals surface area contributed by atoms with Crippen molar-refractivity contribution in [2.75, 3.05) is 5.73 Å². The average molecular weight is 334 g/mol. The van der Waals surface area contributed by atoms with Gasteiger partial charge in [0, 0.05) is 10.0 Å². The fourth-order valence-electron chi connectivity index (χ4n) is 1.72. The van der Waals surface area contributed by atoms with E-state index in [9.17, 15) is 10.5 Å². The standard InChI is InChI=1S/C13H6BrClN4/c14-10-4-2-1-3-7(10)11-8(5-16)12(15)19-13(18)9(11)6-17/h1-4H,(H2,18,19). The largest absolute Gasteiger partial charge is 0.383 e. The van der Waals surface area contributed by atoms with Crippen LogP contribution in [0.5, 0.6) is 0 Å². The Morgan fingerprint density at radius 1 is 1.16 bits per heavy atom. The van der Waals surface area contributed by atoms with E-state index in [0.29, 0.717) is 11.1 Å². The second kappa shape index (κ2) is 5.27. The lowest BCUT2D eigenvalue weighted by Crippen LogP contribution is -2.02. The molecule has 0 spiro atoms. The summed E-state index contributed by atoms with van der Waals surface area (Å²) in [4.78, 5) is 3.81. The zero-order valence-corrected chi connectivity index (χ0v) is 11.8. The number of anilines is 1. The molecule has 0 aliphatic rings. The molecule has 2 rings (SSSR count). The number of nitrogens with two attached hydrogens (primary N) is 1. The molecule has 92 valence electrons. The maximum Gasteiger partial charge on any atom is 0.149 e. The van der Waals surface area contributed by atoms with Crippen molar-refractivity contribution in [2.45, 2.75) is 0 Å². The molecule has 0 aliphatic carbocycles. The van der Waals surface area contributed by atoms with Gasteiger partial charge >= 0.3 is 0 Å². The molecule has 0 atom stereocenters. The molecule has 0 bridgehead atoms. The summed E-state index contributed by atoms with van der Waals surface area (Å²) in [5.74, 6) is 0.0113. The van der Waals surface area contributed by atoms with Gasteiger partial charge in [-0.25, -0.2) is 4.98 Å². The van der Waals surface area contributed by atoms with Crippen molar-refractivity contribution < 1.29 is 0 Å². The van der Waals surface area contributed by atoms with Gasteiger partial charge in [-0.05, 0) is 11.6 Å². The third-order valence-corrected chi connectivity index (χ3v) is 3.51. The third-order valence-electron chi connectivity index (χ3n) is 2.55. The number of pyridine rings is 1. The van der Waals surface area contributed by atoms with Crippen LogP contribution < -0.4 is 5.73 Å². The van der Waals surface area contributed by atoms with Gasteiger partial charge in [0.15, 0.2) is 0 Å². The molecule has 4 nitrogen and oxygen atoms in total. The Kier molecular flexibility index (Phi) is 3.71. The molecule has 1 heterocycles. The van der Waals surface area contributed by atoms with Crippen LogP contribution in [0.4, 0.5) is 5.82 Å². The molecule has 2 N–H and O–H groups in total. The highest BCUT2D eigenvalue weighted by molar-refractivity contribution is 9.10. The van der Waals surface area contributed by atoms with Crippen LogP contribution in [0.1, 0.15) is 11.1 Å². The predicted octanol–water partition coefficient (Wildman–Crippen LogP) is 3.49. The minimum Gasteiger partial charge on any atom is -0.383 e. The first-order valence-electron chi connectivity index (χ1n) is 5.14. The molecule has 2 aromatic rings. The molecule has 0 saturated carbocycles. The van der Waals surface area contributed by atoms with Gasteiger partial charge < -0.3 is 5.73 Å². The van der Waals surface area contributed by atoms with Gasteiger partial charge in [-0.1, -0.05) is 45.7 Å². The van der Waals surface area contributed by atoms with E-state index < -0.39 is 0 Å². The number of rotatable bonds is 1. The van der Waals surface area contributed by atoms with E-state index in [1.54, 1.807) is 12.1 Å². The number of halogens is 2. The van der Waals surface area contributed by atoms with Gasteiger partial charge in [0.1, 0.15) is 28.7 Å². The summed E-state index contributed by atoms with van der Waals surface area (Å²) >= 11 is 9.31. The van der Waals surface area contributed by atoms with Gasteiger partial charge in [-0.3, -0.25) is 0 Å². The number of hydrogen-bond donors (Lipinski definition) is 1. The summed E-state index contributed by atoms with van der Waals surface area (Å²) in [5.41, 5.74) is 7.06. The Labute approximate surface area is 123 Å². The Morgan fingerprint density at radius 3 is 2.37 bits per heavy atom. The highest BCUT2D eigenvalue weighted by Crippen LogP contribution is 2.37. The molecule has 0 aliphatic heterocycles. The number of nitrogen functional groups attached to an aromatic ring is 1. The molecule has 1 aromatic heterocycles. The van der Waals surface area contributed by atoms with Gasteiger partial charge in [0.2, 0.25) is 0 Å². The van der Waals surface area contributed by atoms with Gasteiger partial charge in [-0.15, -0.1) is 0 Å². The third kappa shape index (κ3) is 2.26. The Bertz CT molecular complexity index is 705. The number of nitrogens with zero attached hydrogens (tertiary/aromatic N) is 3. The lowest BCUT2D eigenvalue weighted by molar-refractivity contribution is 1.28. The zero-order chi connectivity index (χ0) is 14.0. The van der Waals surface area contributed by atoms with Crippen LogP contribution in [0.15, 0.2) is 28.7 Å². The van der Waals surface area contributed by atoms with E-state index in [1.165, 1.54) is 0 Å². The van der Waals surface area contributed by atoms with Gasteiger partial charge in [-0.2, -0.15) is 10.5 Å². The van der Waals surface area contributed by atoms with E-state index in [0.717, 1.165) is 4.47 Å². The lowest BCUT2D eigenvalue weighted by Gasteiger charge is -2.11.